The molecular formula is C21H22N4O3. The van der Waals surface area contributed by atoms with Gasteiger partial charge in [0.2, 0.25) is 0 Å². The number of benzene rings is 2. The molecule has 1 aliphatic rings. The van der Waals surface area contributed by atoms with Crippen LogP contribution in [0.2, 0.25) is 0 Å². The Bertz CT molecular complexity index is 921. The largest absolute Gasteiger partial charge is 0.478 e. The van der Waals surface area contributed by atoms with E-state index in [9.17, 15) is 9.59 Å². The number of carboxylic acid groups (broad SMARTS) is 1. The van der Waals surface area contributed by atoms with Crippen molar-refractivity contribution in [1.82, 2.24) is 10.6 Å². The Morgan fingerprint density at radius 3 is 2.82 bits per heavy atom. The topological polar surface area (TPSA) is 103 Å². The highest BCUT2D eigenvalue weighted by Crippen LogP contribution is 2.12. The lowest BCUT2D eigenvalue weighted by Crippen LogP contribution is -2.35. The molecule has 0 fully saturated rings. The number of anilines is 1. The van der Waals surface area contributed by atoms with Crippen molar-refractivity contribution in [2.75, 3.05) is 18.4 Å². The van der Waals surface area contributed by atoms with Crippen LogP contribution < -0.4 is 16.0 Å². The van der Waals surface area contributed by atoms with E-state index < -0.39 is 5.97 Å². The second kappa shape index (κ2) is 9.36. The van der Waals surface area contributed by atoms with Crippen LogP contribution >= 0.6 is 0 Å². The van der Waals surface area contributed by atoms with Crippen molar-refractivity contribution in [3.8, 4) is 0 Å². The van der Waals surface area contributed by atoms with Gasteiger partial charge in [-0.2, -0.15) is 0 Å². The highest BCUT2D eigenvalue weighted by molar-refractivity contribution is 5.98. The molecule has 0 saturated heterocycles. The van der Waals surface area contributed by atoms with E-state index in [1.54, 1.807) is 12.1 Å². The summed E-state index contributed by atoms with van der Waals surface area (Å²) in [5, 5.41) is 18.0. The molecule has 0 atom stereocenters. The van der Waals surface area contributed by atoms with E-state index in [0.29, 0.717) is 12.1 Å². The molecule has 0 saturated carbocycles. The van der Waals surface area contributed by atoms with Crippen LogP contribution in [0.25, 0.3) is 6.08 Å². The molecule has 0 aliphatic carbocycles. The highest BCUT2D eigenvalue weighted by atomic mass is 16.4. The van der Waals surface area contributed by atoms with Gasteiger partial charge in [0.1, 0.15) is 0 Å². The van der Waals surface area contributed by atoms with Crippen LogP contribution in [0, 0.1) is 0 Å². The van der Waals surface area contributed by atoms with Crippen molar-refractivity contribution in [2.24, 2.45) is 4.99 Å². The van der Waals surface area contributed by atoms with Gasteiger partial charge in [-0.15, -0.1) is 0 Å². The molecule has 0 bridgehead atoms. The predicted octanol–water partition coefficient (Wildman–Crippen LogP) is 2.48. The molecule has 2 aromatic carbocycles. The molecule has 0 aromatic heterocycles. The number of aliphatic carboxylic acids is 1. The smallest absolute Gasteiger partial charge is 0.328 e. The van der Waals surface area contributed by atoms with Crippen molar-refractivity contribution in [2.45, 2.75) is 13.0 Å². The Hall–Kier alpha value is -3.61. The molecule has 7 heteroatoms. The van der Waals surface area contributed by atoms with Crippen LogP contribution in [0.15, 0.2) is 59.6 Å². The fraction of sp³-hybridized carbons (Fsp3) is 0.190. The first-order chi connectivity index (χ1) is 13.6. The Morgan fingerprint density at radius 1 is 1.18 bits per heavy atom. The molecule has 0 spiro atoms. The quantitative estimate of drug-likeness (QED) is 0.579. The van der Waals surface area contributed by atoms with Crippen molar-refractivity contribution in [1.29, 1.82) is 0 Å². The lowest BCUT2D eigenvalue weighted by atomic mass is 10.1. The van der Waals surface area contributed by atoms with Gasteiger partial charge in [-0.1, -0.05) is 24.3 Å². The van der Waals surface area contributed by atoms with E-state index in [1.165, 1.54) is 6.08 Å². The van der Waals surface area contributed by atoms with E-state index in [2.05, 4.69) is 20.9 Å². The average Bonchev–Trinajstić information content (AvgIpc) is 2.72. The number of carboxylic acids is 1. The number of aliphatic imine (C=N–C) groups is 1. The summed E-state index contributed by atoms with van der Waals surface area (Å²) in [6.45, 7) is 2.02. The molecule has 1 heterocycles. The van der Waals surface area contributed by atoms with Crippen LogP contribution in [-0.2, 0) is 11.3 Å². The van der Waals surface area contributed by atoms with Crippen LogP contribution in [0.1, 0.15) is 27.9 Å². The van der Waals surface area contributed by atoms with E-state index in [0.717, 1.165) is 48.4 Å². The molecule has 0 radical (unpaired) electrons. The van der Waals surface area contributed by atoms with Gasteiger partial charge in [-0.05, 0) is 47.9 Å². The van der Waals surface area contributed by atoms with Gasteiger partial charge < -0.3 is 21.1 Å². The predicted molar refractivity (Wildman–Crippen MR) is 109 cm³/mol. The van der Waals surface area contributed by atoms with Gasteiger partial charge in [0.25, 0.3) is 5.91 Å². The summed E-state index contributed by atoms with van der Waals surface area (Å²) >= 11 is 0. The van der Waals surface area contributed by atoms with Gasteiger partial charge in [0.15, 0.2) is 5.96 Å². The van der Waals surface area contributed by atoms with Crippen LogP contribution in [0.3, 0.4) is 0 Å². The fourth-order valence-corrected chi connectivity index (χ4v) is 2.75. The minimum Gasteiger partial charge on any atom is -0.478 e. The molecule has 1 amide bonds. The molecule has 3 rings (SSSR count). The minimum absolute atomic E-state index is 0.186. The molecular weight excluding hydrogens is 356 g/mol. The van der Waals surface area contributed by atoms with Crippen molar-refractivity contribution >= 4 is 29.6 Å². The number of nitrogens with one attached hydrogen (secondary N) is 3. The first-order valence-electron chi connectivity index (χ1n) is 9.04. The normalized spacial score (nSPS) is 13.5. The van der Waals surface area contributed by atoms with Gasteiger partial charge in [-0.3, -0.25) is 9.79 Å². The zero-order chi connectivity index (χ0) is 19.8. The van der Waals surface area contributed by atoms with Gasteiger partial charge in [-0.25, -0.2) is 4.79 Å². The summed E-state index contributed by atoms with van der Waals surface area (Å²) in [7, 11) is 0. The maximum atomic E-state index is 12.5. The van der Waals surface area contributed by atoms with Crippen LogP contribution in [0.5, 0.6) is 0 Å². The van der Waals surface area contributed by atoms with E-state index in [1.807, 2.05) is 36.4 Å². The van der Waals surface area contributed by atoms with Crippen LogP contribution in [-0.4, -0.2) is 36.0 Å². The van der Waals surface area contributed by atoms with Crippen molar-refractivity contribution in [3.63, 3.8) is 0 Å². The second-order valence-electron chi connectivity index (χ2n) is 6.32. The van der Waals surface area contributed by atoms with Gasteiger partial charge in [0.05, 0.1) is 0 Å². The fourth-order valence-electron chi connectivity index (χ4n) is 2.75. The summed E-state index contributed by atoms with van der Waals surface area (Å²) in [4.78, 5) is 27.5. The third-order valence-electron chi connectivity index (χ3n) is 4.11. The van der Waals surface area contributed by atoms with Crippen molar-refractivity contribution < 1.29 is 14.7 Å². The molecule has 144 valence electrons. The molecule has 1 aliphatic heterocycles. The number of hydrogen-bond acceptors (Lipinski definition) is 5. The van der Waals surface area contributed by atoms with E-state index in [4.69, 9.17) is 5.11 Å². The lowest BCUT2D eigenvalue weighted by molar-refractivity contribution is -0.131. The lowest BCUT2D eigenvalue weighted by Gasteiger charge is -2.16. The average molecular weight is 378 g/mol. The Balaban J connectivity index is 1.60. The standard InChI is InChI=1S/C21H22N4O3/c26-19(27)9-8-15-4-1-5-16(12-15)14-24-20(28)17-6-2-7-18(13-17)25-21-22-10-3-11-23-21/h1-2,4-9,12-13H,3,10-11,14H2,(H,24,28)(H,26,27)(H2,22,23,25)/b9-8+. The highest BCUT2D eigenvalue weighted by Gasteiger charge is 2.08. The van der Waals surface area contributed by atoms with Gasteiger partial charge >= 0.3 is 5.97 Å². The number of rotatable bonds is 6. The van der Waals surface area contributed by atoms with E-state index in [-0.39, 0.29) is 5.91 Å². The number of carbonyl (C=O) groups is 2. The van der Waals surface area contributed by atoms with Gasteiger partial charge in [0, 0.05) is 37.0 Å². The second-order valence-corrected chi connectivity index (χ2v) is 6.32. The molecule has 7 nitrogen and oxygen atoms in total. The summed E-state index contributed by atoms with van der Waals surface area (Å²) in [5.41, 5.74) is 2.99. The minimum atomic E-state index is -0.999. The number of amides is 1. The molecule has 2 aromatic rings. The van der Waals surface area contributed by atoms with Crippen LogP contribution in [0.4, 0.5) is 5.69 Å². The number of guanidine groups is 1. The first kappa shape index (κ1) is 19.2. The Morgan fingerprint density at radius 2 is 2.04 bits per heavy atom. The zero-order valence-corrected chi connectivity index (χ0v) is 15.3. The number of nitrogens with zero attached hydrogens (tertiary/aromatic N) is 1. The molecule has 0 unspecified atom stereocenters. The summed E-state index contributed by atoms with van der Waals surface area (Å²) < 4.78 is 0. The molecule has 4 N–H and O–H groups in total. The first-order valence-corrected chi connectivity index (χ1v) is 9.04. The SMILES string of the molecule is O=C(O)/C=C/c1cccc(CNC(=O)c2cccc(NC3=NCCCN3)c2)c1. The number of hydrogen-bond donors (Lipinski definition) is 4. The maximum absolute atomic E-state index is 12.5. The van der Waals surface area contributed by atoms with Crippen molar-refractivity contribution in [3.05, 3.63) is 71.3 Å². The number of carbonyl (C=O) groups excluding carboxylic acids is 1. The Kier molecular flexibility index (Phi) is 6.41. The summed E-state index contributed by atoms with van der Waals surface area (Å²) in [6.07, 6.45) is 3.62. The summed E-state index contributed by atoms with van der Waals surface area (Å²) in [5.74, 6) is -0.467. The maximum Gasteiger partial charge on any atom is 0.328 e. The Labute approximate surface area is 163 Å². The zero-order valence-electron chi connectivity index (χ0n) is 15.3. The summed E-state index contributed by atoms with van der Waals surface area (Å²) in [6, 6.07) is 14.6. The van der Waals surface area contributed by atoms with E-state index >= 15 is 0 Å². The third-order valence-corrected chi connectivity index (χ3v) is 4.11. The monoisotopic (exact) mass is 378 g/mol. The third kappa shape index (κ3) is 5.70. The molecule has 28 heavy (non-hydrogen) atoms.